The molecule has 0 atom stereocenters. The van der Waals surface area contributed by atoms with Crippen LogP contribution in [0.4, 0.5) is 0 Å². The van der Waals surface area contributed by atoms with Crippen LogP contribution in [0.3, 0.4) is 0 Å². The maximum absolute atomic E-state index is 8.58. The van der Waals surface area contributed by atoms with E-state index in [4.69, 9.17) is 5.21 Å². The van der Waals surface area contributed by atoms with Crippen molar-refractivity contribution >= 4 is 39.4 Å². The van der Waals surface area contributed by atoms with Gasteiger partial charge in [0.1, 0.15) is 0 Å². The van der Waals surface area contributed by atoms with Gasteiger partial charge in [-0.2, -0.15) is 0 Å². The number of hydrogen-bond donors (Lipinski definition) is 1. The Morgan fingerprint density at radius 1 is 1.43 bits per heavy atom. The number of thioether (sulfide) groups is 1. The Hall–Kier alpha value is -1.00. The Labute approximate surface area is 90.3 Å². The predicted molar refractivity (Wildman–Crippen MR) is 63.0 cm³/mol. The van der Waals surface area contributed by atoms with Crippen LogP contribution in [0.25, 0.3) is 10.1 Å². The molecule has 2 nitrogen and oxygen atoms in total. The van der Waals surface area contributed by atoms with Crippen LogP contribution in [-0.2, 0) is 0 Å². The molecule has 1 heterocycles. The number of rotatable bonds is 2. The molecule has 0 radical (unpaired) electrons. The van der Waals surface area contributed by atoms with E-state index in [1.807, 2.05) is 24.5 Å². The zero-order valence-corrected chi connectivity index (χ0v) is 9.23. The second kappa shape index (κ2) is 4.02. The lowest BCUT2D eigenvalue weighted by Crippen LogP contribution is -1.79. The molecule has 72 valence electrons. The third-order valence-corrected chi connectivity index (χ3v) is 4.29. The first-order valence-electron chi connectivity index (χ1n) is 4.09. The van der Waals surface area contributed by atoms with Crippen molar-refractivity contribution in [3.05, 3.63) is 29.8 Å². The van der Waals surface area contributed by atoms with Crippen LogP contribution in [0.2, 0.25) is 0 Å². The highest BCUT2D eigenvalue weighted by molar-refractivity contribution is 8.00. The minimum atomic E-state index is 1.01. The van der Waals surface area contributed by atoms with Crippen LogP contribution in [-0.4, -0.2) is 17.7 Å². The normalized spacial score (nSPS) is 11.5. The summed E-state index contributed by atoms with van der Waals surface area (Å²) in [5.74, 6) is 0. The van der Waals surface area contributed by atoms with E-state index in [0.717, 1.165) is 10.9 Å². The maximum atomic E-state index is 8.58. The lowest BCUT2D eigenvalue weighted by Gasteiger charge is -1.92. The van der Waals surface area contributed by atoms with E-state index < -0.39 is 0 Å². The average molecular weight is 223 g/mol. The van der Waals surface area contributed by atoms with Crippen LogP contribution < -0.4 is 0 Å². The van der Waals surface area contributed by atoms with Gasteiger partial charge in [0.15, 0.2) is 0 Å². The topological polar surface area (TPSA) is 32.6 Å². The minimum Gasteiger partial charge on any atom is -0.411 e. The zero-order chi connectivity index (χ0) is 9.97. The van der Waals surface area contributed by atoms with Gasteiger partial charge in [0.25, 0.3) is 0 Å². The van der Waals surface area contributed by atoms with Crippen molar-refractivity contribution in [2.45, 2.75) is 4.21 Å². The van der Waals surface area contributed by atoms with Gasteiger partial charge < -0.3 is 5.21 Å². The summed E-state index contributed by atoms with van der Waals surface area (Å²) < 4.78 is 2.41. The maximum Gasteiger partial charge on any atom is 0.0759 e. The first kappa shape index (κ1) is 9.55. The van der Waals surface area contributed by atoms with E-state index in [9.17, 15) is 0 Å². The number of oxime groups is 1. The smallest absolute Gasteiger partial charge is 0.0759 e. The molecule has 0 saturated carbocycles. The number of nitrogens with zero attached hydrogens (tertiary/aromatic N) is 1. The molecular formula is C10H9NOS2. The molecule has 4 heteroatoms. The van der Waals surface area contributed by atoms with Crippen LogP contribution in [0.15, 0.2) is 33.6 Å². The molecule has 0 aliphatic carbocycles. The number of fused-ring (bicyclic) bond motifs is 1. The van der Waals surface area contributed by atoms with Gasteiger partial charge >= 0.3 is 0 Å². The summed E-state index contributed by atoms with van der Waals surface area (Å²) in [6.07, 6.45) is 3.53. The van der Waals surface area contributed by atoms with Gasteiger partial charge in [0.2, 0.25) is 0 Å². The van der Waals surface area contributed by atoms with Gasteiger partial charge in [-0.3, -0.25) is 0 Å². The highest BCUT2D eigenvalue weighted by Gasteiger charge is 2.08. The molecule has 1 aromatic carbocycles. The van der Waals surface area contributed by atoms with Gasteiger partial charge in [-0.25, -0.2) is 0 Å². The summed E-state index contributed by atoms with van der Waals surface area (Å²) in [6.45, 7) is 0. The molecule has 0 spiro atoms. The van der Waals surface area contributed by atoms with E-state index in [1.165, 1.54) is 15.1 Å². The van der Waals surface area contributed by atoms with E-state index in [2.05, 4.69) is 11.2 Å². The molecule has 0 saturated heterocycles. The Morgan fingerprint density at radius 2 is 2.21 bits per heavy atom. The molecule has 14 heavy (non-hydrogen) atoms. The fourth-order valence-corrected chi connectivity index (χ4v) is 3.27. The van der Waals surface area contributed by atoms with Crippen molar-refractivity contribution in [2.75, 3.05) is 6.26 Å². The summed E-state index contributed by atoms with van der Waals surface area (Å²) in [6, 6.07) is 8.13. The van der Waals surface area contributed by atoms with Crippen molar-refractivity contribution in [3.63, 3.8) is 0 Å². The molecule has 0 amide bonds. The summed E-state index contributed by atoms with van der Waals surface area (Å²) in [4.78, 5) is 0. The molecule has 2 rings (SSSR count). The number of benzene rings is 1. The first-order valence-corrected chi connectivity index (χ1v) is 6.14. The van der Waals surface area contributed by atoms with E-state index in [-0.39, 0.29) is 0 Å². The number of hydrogen-bond acceptors (Lipinski definition) is 4. The third kappa shape index (κ3) is 1.51. The van der Waals surface area contributed by atoms with Gasteiger partial charge in [-0.1, -0.05) is 23.4 Å². The summed E-state index contributed by atoms with van der Waals surface area (Å²) >= 11 is 3.40. The van der Waals surface area contributed by atoms with Crippen molar-refractivity contribution in [1.29, 1.82) is 0 Å². The largest absolute Gasteiger partial charge is 0.411 e. The third-order valence-electron chi connectivity index (χ3n) is 1.97. The standard InChI is InChI=1S/C10H9NOS2/c1-13-10-8(6-11-12)7-4-2-3-5-9(7)14-10/h2-6,12H,1H3/b11-6+. The Morgan fingerprint density at radius 3 is 2.93 bits per heavy atom. The quantitative estimate of drug-likeness (QED) is 0.366. The minimum absolute atomic E-state index is 1.01. The van der Waals surface area contributed by atoms with Crippen LogP contribution >= 0.6 is 23.1 Å². The highest BCUT2D eigenvalue weighted by atomic mass is 32.2. The molecular weight excluding hydrogens is 214 g/mol. The second-order valence-corrected chi connectivity index (χ2v) is 4.88. The SMILES string of the molecule is CSc1sc2ccccc2c1/C=N/O. The van der Waals surface area contributed by atoms with Crippen molar-refractivity contribution in [3.8, 4) is 0 Å². The Bertz CT molecular complexity index is 476. The van der Waals surface area contributed by atoms with E-state index in [1.54, 1.807) is 23.1 Å². The second-order valence-electron chi connectivity index (χ2n) is 2.75. The number of thiophene rings is 1. The van der Waals surface area contributed by atoms with E-state index >= 15 is 0 Å². The van der Waals surface area contributed by atoms with Gasteiger partial charge in [0, 0.05) is 15.6 Å². The lowest BCUT2D eigenvalue weighted by atomic mass is 10.2. The molecule has 0 unspecified atom stereocenters. The lowest BCUT2D eigenvalue weighted by molar-refractivity contribution is 0.322. The molecule has 1 N–H and O–H groups in total. The predicted octanol–water partition coefficient (Wildman–Crippen LogP) is 3.43. The van der Waals surface area contributed by atoms with E-state index in [0.29, 0.717) is 0 Å². The molecule has 2 aromatic rings. The molecule has 0 bridgehead atoms. The first-order chi connectivity index (χ1) is 6.86. The van der Waals surface area contributed by atoms with Gasteiger partial charge in [-0.15, -0.1) is 23.1 Å². The Kier molecular flexibility index (Phi) is 2.74. The summed E-state index contributed by atoms with van der Waals surface area (Å²) in [5, 5.41) is 12.8. The van der Waals surface area contributed by atoms with Crippen LogP contribution in [0, 0.1) is 0 Å². The summed E-state index contributed by atoms with van der Waals surface area (Å²) in [7, 11) is 0. The van der Waals surface area contributed by atoms with Crippen molar-refractivity contribution < 1.29 is 5.21 Å². The molecule has 0 aliphatic rings. The summed E-state index contributed by atoms with van der Waals surface area (Å²) in [5.41, 5.74) is 1.01. The molecule has 0 fully saturated rings. The Balaban J connectivity index is 2.74. The van der Waals surface area contributed by atoms with Crippen LogP contribution in [0.5, 0.6) is 0 Å². The molecule has 0 aliphatic heterocycles. The highest BCUT2D eigenvalue weighted by Crippen LogP contribution is 2.35. The fraction of sp³-hybridized carbons (Fsp3) is 0.100. The van der Waals surface area contributed by atoms with Crippen LogP contribution in [0.1, 0.15) is 5.56 Å². The van der Waals surface area contributed by atoms with Gasteiger partial charge in [-0.05, 0) is 12.3 Å². The van der Waals surface area contributed by atoms with Gasteiger partial charge in [0.05, 0.1) is 10.4 Å². The van der Waals surface area contributed by atoms with Crippen molar-refractivity contribution in [1.82, 2.24) is 0 Å². The molecule has 1 aromatic heterocycles. The van der Waals surface area contributed by atoms with Crippen molar-refractivity contribution in [2.24, 2.45) is 5.16 Å². The monoisotopic (exact) mass is 223 g/mol. The fourth-order valence-electron chi connectivity index (χ4n) is 1.37. The zero-order valence-electron chi connectivity index (χ0n) is 7.60. The average Bonchev–Trinajstić information content (AvgIpc) is 2.58.